The van der Waals surface area contributed by atoms with Crippen molar-refractivity contribution in [2.24, 2.45) is 11.8 Å². The van der Waals surface area contributed by atoms with E-state index in [1.54, 1.807) is 11.9 Å². The van der Waals surface area contributed by atoms with Gasteiger partial charge in [0.2, 0.25) is 5.91 Å². The third-order valence-corrected chi connectivity index (χ3v) is 2.48. The Morgan fingerprint density at radius 3 is 2.29 bits per heavy atom. The summed E-state index contributed by atoms with van der Waals surface area (Å²) in [5.41, 5.74) is 0. The van der Waals surface area contributed by atoms with Gasteiger partial charge >= 0.3 is 0 Å². The Labute approximate surface area is 86.7 Å². The first-order valence-electron chi connectivity index (χ1n) is 5.21. The summed E-state index contributed by atoms with van der Waals surface area (Å²) in [5.74, 6) is 0.196. The predicted molar refractivity (Wildman–Crippen MR) is 56.5 cm³/mol. The van der Waals surface area contributed by atoms with Gasteiger partial charge < -0.3 is 4.90 Å². The van der Waals surface area contributed by atoms with Gasteiger partial charge in [0.25, 0.3) is 0 Å². The van der Waals surface area contributed by atoms with E-state index in [4.69, 9.17) is 5.26 Å². The second-order valence-electron chi connectivity index (χ2n) is 3.76. The Morgan fingerprint density at radius 2 is 1.93 bits per heavy atom. The third kappa shape index (κ3) is 3.78. The molecule has 0 aromatic rings. The van der Waals surface area contributed by atoms with E-state index in [0.29, 0.717) is 6.54 Å². The second-order valence-corrected chi connectivity index (χ2v) is 3.76. The smallest absolute Gasteiger partial charge is 0.225 e. The molecule has 1 amide bonds. The minimum atomic E-state index is -0.0849. The minimum Gasteiger partial charge on any atom is -0.344 e. The summed E-state index contributed by atoms with van der Waals surface area (Å²) < 4.78 is 0. The Balaban J connectivity index is 4.18. The number of amides is 1. The number of nitrogens with zero attached hydrogens (tertiary/aromatic N) is 2. The average Bonchev–Trinajstić information content (AvgIpc) is 2.19. The number of hydrogen-bond donors (Lipinski definition) is 0. The molecule has 1 atom stereocenters. The van der Waals surface area contributed by atoms with E-state index in [2.05, 4.69) is 6.07 Å². The highest BCUT2D eigenvalue weighted by molar-refractivity contribution is 5.78. The van der Waals surface area contributed by atoms with Gasteiger partial charge in [-0.3, -0.25) is 4.79 Å². The fourth-order valence-electron chi connectivity index (χ4n) is 1.49. The summed E-state index contributed by atoms with van der Waals surface area (Å²) in [6.07, 6.45) is 1.75. The Hall–Kier alpha value is -1.04. The van der Waals surface area contributed by atoms with Crippen LogP contribution in [0, 0.1) is 23.2 Å². The van der Waals surface area contributed by atoms with Crippen LogP contribution in [0.3, 0.4) is 0 Å². The maximum absolute atomic E-state index is 11.8. The Bertz CT molecular complexity index is 216. The van der Waals surface area contributed by atoms with E-state index in [-0.39, 0.29) is 17.7 Å². The van der Waals surface area contributed by atoms with Crippen molar-refractivity contribution in [3.05, 3.63) is 0 Å². The summed E-state index contributed by atoms with van der Waals surface area (Å²) >= 11 is 0. The first-order chi connectivity index (χ1) is 6.56. The molecule has 0 aliphatic carbocycles. The first kappa shape index (κ1) is 13.0. The molecular weight excluding hydrogens is 176 g/mol. The number of carbonyl (C=O) groups is 1. The largest absolute Gasteiger partial charge is 0.344 e. The zero-order chi connectivity index (χ0) is 11.1. The van der Waals surface area contributed by atoms with E-state index in [9.17, 15) is 4.79 Å². The number of carbonyl (C=O) groups excluding carboxylic acids is 1. The summed E-state index contributed by atoms with van der Waals surface area (Å²) in [5, 5.41) is 8.63. The average molecular weight is 196 g/mol. The van der Waals surface area contributed by atoms with Gasteiger partial charge in [-0.15, -0.1) is 0 Å². The summed E-state index contributed by atoms with van der Waals surface area (Å²) in [7, 11) is 1.77. The van der Waals surface area contributed by atoms with Gasteiger partial charge in [0.1, 0.15) is 0 Å². The van der Waals surface area contributed by atoms with Crippen molar-refractivity contribution >= 4 is 5.91 Å². The van der Waals surface area contributed by atoms with Crippen molar-refractivity contribution < 1.29 is 4.79 Å². The maximum Gasteiger partial charge on any atom is 0.225 e. The van der Waals surface area contributed by atoms with Crippen LogP contribution in [-0.2, 0) is 4.79 Å². The molecule has 3 heteroatoms. The molecule has 14 heavy (non-hydrogen) atoms. The van der Waals surface area contributed by atoms with Crippen molar-refractivity contribution in [3.8, 4) is 6.07 Å². The molecule has 80 valence electrons. The van der Waals surface area contributed by atoms with E-state index in [1.165, 1.54) is 0 Å². The van der Waals surface area contributed by atoms with Crippen molar-refractivity contribution in [1.82, 2.24) is 4.90 Å². The maximum atomic E-state index is 11.8. The number of rotatable bonds is 5. The molecule has 0 aromatic carbocycles. The topological polar surface area (TPSA) is 44.1 Å². The molecule has 0 radical (unpaired) electrons. The molecule has 0 spiro atoms. The van der Waals surface area contributed by atoms with Gasteiger partial charge in [-0.25, -0.2) is 0 Å². The quantitative estimate of drug-likeness (QED) is 0.675. The molecule has 0 saturated heterocycles. The van der Waals surface area contributed by atoms with Crippen LogP contribution < -0.4 is 0 Å². The molecule has 0 aliphatic rings. The van der Waals surface area contributed by atoms with Crippen LogP contribution in [0.2, 0.25) is 0 Å². The predicted octanol–water partition coefficient (Wildman–Crippen LogP) is 2.04. The van der Waals surface area contributed by atoms with Crippen LogP contribution in [-0.4, -0.2) is 24.4 Å². The lowest BCUT2D eigenvalue weighted by Crippen LogP contribution is -2.35. The Kier molecular flexibility index (Phi) is 5.94. The standard InChI is InChI=1S/C11H20N2O/c1-5-10(6-2)11(14)13(4)8-9(3)7-12/h9-10H,5-6,8H2,1-4H3. The zero-order valence-electron chi connectivity index (χ0n) is 9.58. The highest BCUT2D eigenvalue weighted by Crippen LogP contribution is 2.11. The first-order valence-corrected chi connectivity index (χ1v) is 5.21. The number of hydrogen-bond acceptors (Lipinski definition) is 2. The van der Waals surface area contributed by atoms with Crippen molar-refractivity contribution in [1.29, 1.82) is 5.26 Å². The lowest BCUT2D eigenvalue weighted by atomic mass is 10.0. The van der Waals surface area contributed by atoms with Crippen molar-refractivity contribution in [3.63, 3.8) is 0 Å². The van der Waals surface area contributed by atoms with Gasteiger partial charge in [0.15, 0.2) is 0 Å². The molecule has 0 bridgehead atoms. The van der Waals surface area contributed by atoms with Gasteiger partial charge in [0.05, 0.1) is 12.0 Å². The fourth-order valence-corrected chi connectivity index (χ4v) is 1.49. The molecule has 0 rings (SSSR count). The highest BCUT2D eigenvalue weighted by atomic mass is 16.2. The highest BCUT2D eigenvalue weighted by Gasteiger charge is 2.19. The molecule has 0 saturated carbocycles. The molecule has 0 fully saturated rings. The summed E-state index contributed by atoms with van der Waals surface area (Å²) in [4.78, 5) is 13.4. The summed E-state index contributed by atoms with van der Waals surface area (Å²) in [6, 6.07) is 2.13. The summed E-state index contributed by atoms with van der Waals surface area (Å²) in [6.45, 7) is 6.41. The fraction of sp³-hybridized carbons (Fsp3) is 0.818. The normalized spacial score (nSPS) is 12.3. The molecule has 0 aromatic heterocycles. The SMILES string of the molecule is CCC(CC)C(=O)N(C)CC(C)C#N. The van der Waals surface area contributed by atoms with Crippen LogP contribution >= 0.6 is 0 Å². The van der Waals surface area contributed by atoms with Crippen LogP contribution in [0.5, 0.6) is 0 Å². The molecule has 1 unspecified atom stereocenters. The van der Waals surface area contributed by atoms with Crippen LogP contribution in [0.4, 0.5) is 0 Å². The van der Waals surface area contributed by atoms with Crippen LogP contribution in [0.1, 0.15) is 33.6 Å². The lowest BCUT2D eigenvalue weighted by molar-refractivity contribution is -0.134. The molecular formula is C11H20N2O. The van der Waals surface area contributed by atoms with Gasteiger partial charge in [-0.05, 0) is 19.8 Å². The molecule has 0 heterocycles. The second kappa shape index (κ2) is 6.42. The Morgan fingerprint density at radius 1 is 1.43 bits per heavy atom. The van der Waals surface area contributed by atoms with Crippen molar-refractivity contribution in [2.75, 3.05) is 13.6 Å². The van der Waals surface area contributed by atoms with Crippen molar-refractivity contribution in [2.45, 2.75) is 33.6 Å². The molecule has 3 nitrogen and oxygen atoms in total. The van der Waals surface area contributed by atoms with E-state index in [1.807, 2.05) is 20.8 Å². The minimum absolute atomic E-state index is 0.0849. The zero-order valence-corrected chi connectivity index (χ0v) is 9.58. The van der Waals surface area contributed by atoms with Gasteiger partial charge in [-0.2, -0.15) is 5.26 Å². The van der Waals surface area contributed by atoms with E-state index >= 15 is 0 Å². The molecule has 0 aliphatic heterocycles. The van der Waals surface area contributed by atoms with E-state index in [0.717, 1.165) is 12.8 Å². The van der Waals surface area contributed by atoms with E-state index < -0.39 is 0 Å². The van der Waals surface area contributed by atoms with Gasteiger partial charge in [0, 0.05) is 19.5 Å². The molecule has 0 N–H and O–H groups in total. The monoisotopic (exact) mass is 196 g/mol. The number of nitriles is 1. The van der Waals surface area contributed by atoms with Crippen LogP contribution in [0.25, 0.3) is 0 Å². The third-order valence-electron chi connectivity index (χ3n) is 2.48. The van der Waals surface area contributed by atoms with Crippen LogP contribution in [0.15, 0.2) is 0 Å². The lowest BCUT2D eigenvalue weighted by Gasteiger charge is -2.22. The van der Waals surface area contributed by atoms with Gasteiger partial charge in [-0.1, -0.05) is 13.8 Å².